The number of aliphatic imine (C=N–C) groups is 1. The maximum atomic E-state index is 6.17. The van der Waals surface area contributed by atoms with Gasteiger partial charge in [-0.1, -0.05) is 29.4 Å². The van der Waals surface area contributed by atoms with E-state index in [4.69, 9.17) is 11.6 Å². The first-order valence-corrected chi connectivity index (χ1v) is 9.75. The number of H-pyrrole nitrogens is 1. The van der Waals surface area contributed by atoms with Crippen LogP contribution < -0.4 is 5.43 Å². The van der Waals surface area contributed by atoms with Crippen LogP contribution in [0.2, 0.25) is 5.02 Å². The van der Waals surface area contributed by atoms with Crippen molar-refractivity contribution in [2.24, 2.45) is 10.1 Å². The number of thioether (sulfide) groups is 1. The molecule has 1 aliphatic heterocycles. The molecule has 0 spiro atoms. The average molecular weight is 400 g/mol. The first-order valence-electron chi connectivity index (χ1n) is 8.39. The van der Waals surface area contributed by atoms with Crippen LogP contribution in [0.25, 0.3) is 5.95 Å². The second kappa shape index (κ2) is 7.21. The average Bonchev–Trinajstić information content (AvgIpc) is 3.27. The Labute approximate surface area is 166 Å². The number of benzene rings is 1. The molecular weight excluding hydrogens is 382 g/mol. The molecule has 3 aromatic rings. The number of aromatic nitrogens is 4. The molecule has 9 heteroatoms. The summed E-state index contributed by atoms with van der Waals surface area (Å²) in [5.41, 5.74) is 9.07. The molecule has 27 heavy (non-hydrogen) atoms. The van der Waals surface area contributed by atoms with E-state index < -0.39 is 0 Å². The fraction of sp³-hybridized carbons (Fsp3) is 0.222. The lowest BCUT2D eigenvalue weighted by Crippen LogP contribution is -2.25. The van der Waals surface area contributed by atoms with E-state index in [0.717, 1.165) is 44.8 Å². The number of nitrogens with zero attached hydrogens (tertiary/aromatic N) is 5. The standard InChI is InChI=1S/C18H18ClN7S/c1-10-7-13(12(3)26(10)17-20-9-21-24-17)16-8-27-18(25-23-16)22-15-6-4-5-14(19)11(15)2/h4-7,9H,8H2,1-3H3,(H,22,25)(H,20,21,24). The summed E-state index contributed by atoms with van der Waals surface area (Å²) in [4.78, 5) is 8.89. The summed E-state index contributed by atoms with van der Waals surface area (Å²) < 4.78 is 2.04. The summed E-state index contributed by atoms with van der Waals surface area (Å²) >= 11 is 7.79. The molecule has 7 nitrogen and oxygen atoms in total. The third-order valence-corrected chi connectivity index (χ3v) is 5.73. The monoisotopic (exact) mass is 399 g/mol. The maximum Gasteiger partial charge on any atom is 0.229 e. The van der Waals surface area contributed by atoms with Gasteiger partial charge in [0.05, 0.1) is 11.4 Å². The van der Waals surface area contributed by atoms with Gasteiger partial charge in [0.25, 0.3) is 0 Å². The molecule has 3 heterocycles. The zero-order chi connectivity index (χ0) is 19.0. The van der Waals surface area contributed by atoms with Crippen LogP contribution in [0.4, 0.5) is 5.69 Å². The van der Waals surface area contributed by atoms with E-state index in [1.165, 1.54) is 6.33 Å². The Bertz CT molecular complexity index is 1050. The van der Waals surface area contributed by atoms with E-state index in [0.29, 0.717) is 11.0 Å². The quantitative estimate of drug-likeness (QED) is 0.699. The lowest BCUT2D eigenvalue weighted by atomic mass is 10.1. The number of halogens is 1. The predicted molar refractivity (Wildman–Crippen MR) is 111 cm³/mol. The summed E-state index contributed by atoms with van der Waals surface area (Å²) in [5.74, 6) is 1.43. The third-order valence-electron chi connectivity index (χ3n) is 4.45. The predicted octanol–water partition coefficient (Wildman–Crippen LogP) is 3.90. The van der Waals surface area contributed by atoms with Crippen molar-refractivity contribution in [3.05, 3.63) is 58.1 Å². The molecule has 0 fully saturated rings. The van der Waals surface area contributed by atoms with E-state index in [2.05, 4.69) is 43.7 Å². The van der Waals surface area contributed by atoms with E-state index >= 15 is 0 Å². The van der Waals surface area contributed by atoms with Crippen molar-refractivity contribution < 1.29 is 0 Å². The Kier molecular flexibility index (Phi) is 4.75. The molecule has 0 unspecified atom stereocenters. The lowest BCUT2D eigenvalue weighted by molar-refractivity contribution is 0.877. The van der Waals surface area contributed by atoms with Crippen LogP contribution in [0.5, 0.6) is 0 Å². The number of hydrazone groups is 1. The Morgan fingerprint density at radius 3 is 2.81 bits per heavy atom. The first-order chi connectivity index (χ1) is 13.0. The molecule has 1 aromatic carbocycles. The number of hydrogen-bond acceptors (Lipinski definition) is 5. The molecule has 1 aliphatic rings. The van der Waals surface area contributed by atoms with Crippen LogP contribution in [-0.4, -0.2) is 36.4 Å². The van der Waals surface area contributed by atoms with E-state index in [1.54, 1.807) is 11.8 Å². The number of hydrogen-bond donors (Lipinski definition) is 2. The second-order valence-electron chi connectivity index (χ2n) is 6.19. The number of aryl methyl sites for hydroxylation is 1. The van der Waals surface area contributed by atoms with Gasteiger partial charge in [0.2, 0.25) is 5.95 Å². The number of aromatic amines is 1. The first kappa shape index (κ1) is 17.8. The Morgan fingerprint density at radius 1 is 1.26 bits per heavy atom. The number of nitrogens with one attached hydrogen (secondary N) is 2. The van der Waals surface area contributed by atoms with Gasteiger partial charge in [-0.15, -0.1) is 0 Å². The Morgan fingerprint density at radius 2 is 2.11 bits per heavy atom. The summed E-state index contributed by atoms with van der Waals surface area (Å²) in [6.45, 7) is 6.05. The van der Waals surface area contributed by atoms with Crippen molar-refractivity contribution in [1.82, 2.24) is 25.2 Å². The third kappa shape index (κ3) is 3.38. The Balaban J connectivity index is 1.61. The fourth-order valence-corrected chi connectivity index (χ4v) is 3.96. The molecule has 138 valence electrons. The Hall–Kier alpha value is -2.58. The molecular formula is C18H18ClN7S. The van der Waals surface area contributed by atoms with E-state index in [1.807, 2.05) is 36.6 Å². The fourth-order valence-electron chi connectivity index (χ4n) is 3.03. The second-order valence-corrected chi connectivity index (χ2v) is 7.56. The minimum Gasteiger partial charge on any atom is -0.287 e. The molecule has 0 saturated carbocycles. The van der Waals surface area contributed by atoms with Gasteiger partial charge >= 0.3 is 0 Å². The molecule has 2 N–H and O–H groups in total. The smallest absolute Gasteiger partial charge is 0.229 e. The van der Waals surface area contributed by atoms with Gasteiger partial charge in [-0.05, 0) is 44.5 Å². The molecule has 4 rings (SSSR count). The minimum absolute atomic E-state index is 0.701. The van der Waals surface area contributed by atoms with Gasteiger partial charge in [0.15, 0.2) is 5.17 Å². The normalized spacial score (nSPS) is 15.7. The van der Waals surface area contributed by atoms with Gasteiger partial charge in [0, 0.05) is 27.7 Å². The summed E-state index contributed by atoms with van der Waals surface area (Å²) in [7, 11) is 0. The van der Waals surface area contributed by atoms with Crippen molar-refractivity contribution in [2.75, 3.05) is 5.75 Å². The number of rotatable bonds is 3. The van der Waals surface area contributed by atoms with E-state index in [-0.39, 0.29) is 0 Å². The van der Waals surface area contributed by atoms with Crippen molar-refractivity contribution in [2.45, 2.75) is 20.8 Å². The van der Waals surface area contributed by atoms with Gasteiger partial charge in [-0.2, -0.15) is 15.2 Å². The lowest BCUT2D eigenvalue weighted by Gasteiger charge is -2.15. The highest BCUT2D eigenvalue weighted by atomic mass is 35.5. The van der Waals surface area contributed by atoms with Crippen molar-refractivity contribution >= 4 is 39.9 Å². The molecule has 0 aliphatic carbocycles. The van der Waals surface area contributed by atoms with Gasteiger partial charge in [-0.3, -0.25) is 9.99 Å². The van der Waals surface area contributed by atoms with Gasteiger partial charge in [0.1, 0.15) is 6.33 Å². The zero-order valence-corrected chi connectivity index (χ0v) is 16.7. The van der Waals surface area contributed by atoms with Gasteiger partial charge in [-0.25, -0.2) is 10.1 Å². The minimum atomic E-state index is 0.701. The number of amidine groups is 1. The summed E-state index contributed by atoms with van der Waals surface area (Å²) in [6, 6.07) is 7.82. The highest BCUT2D eigenvalue weighted by Gasteiger charge is 2.20. The molecule has 0 bridgehead atoms. The highest BCUT2D eigenvalue weighted by Crippen LogP contribution is 2.28. The molecule has 0 saturated heterocycles. The van der Waals surface area contributed by atoms with E-state index in [9.17, 15) is 0 Å². The molecule has 0 amide bonds. The van der Waals surface area contributed by atoms with Crippen LogP contribution in [0.15, 0.2) is 40.7 Å². The van der Waals surface area contributed by atoms with Crippen LogP contribution in [0.3, 0.4) is 0 Å². The highest BCUT2D eigenvalue weighted by molar-refractivity contribution is 8.14. The maximum absolute atomic E-state index is 6.17. The largest absolute Gasteiger partial charge is 0.287 e. The van der Waals surface area contributed by atoms with Crippen molar-refractivity contribution in [3.63, 3.8) is 0 Å². The van der Waals surface area contributed by atoms with Crippen LogP contribution in [-0.2, 0) is 0 Å². The topological polar surface area (TPSA) is 83.2 Å². The van der Waals surface area contributed by atoms with Crippen LogP contribution >= 0.6 is 23.4 Å². The van der Waals surface area contributed by atoms with Gasteiger partial charge < -0.3 is 0 Å². The van der Waals surface area contributed by atoms with Crippen LogP contribution in [0, 0.1) is 20.8 Å². The zero-order valence-electron chi connectivity index (χ0n) is 15.1. The molecule has 0 atom stereocenters. The van der Waals surface area contributed by atoms with Crippen molar-refractivity contribution in [1.29, 1.82) is 0 Å². The summed E-state index contributed by atoms with van der Waals surface area (Å²) in [6.07, 6.45) is 1.50. The SMILES string of the molecule is Cc1c(Cl)cccc1N=C1NN=C(c2cc(C)n(-c3ncn[nH]3)c2C)CS1. The molecule has 2 aromatic heterocycles. The van der Waals surface area contributed by atoms with Crippen molar-refractivity contribution in [3.8, 4) is 5.95 Å². The molecule has 0 radical (unpaired) electrons. The summed E-state index contributed by atoms with van der Waals surface area (Å²) in [5, 5.41) is 12.9. The van der Waals surface area contributed by atoms with Crippen LogP contribution in [0.1, 0.15) is 22.5 Å².